The Morgan fingerprint density at radius 3 is 2.49 bits per heavy atom. The molecule has 0 saturated heterocycles. The van der Waals surface area contributed by atoms with Gasteiger partial charge in [0.25, 0.3) is 11.8 Å². The van der Waals surface area contributed by atoms with Crippen molar-refractivity contribution < 1.29 is 28.3 Å². The Balaban J connectivity index is 1.80. The van der Waals surface area contributed by atoms with E-state index >= 15 is 0 Å². The Labute approximate surface area is 207 Å². The molecule has 2 aromatic carbocycles. The number of carbonyl (C=O) groups excluding carboxylic acids is 4. The summed E-state index contributed by atoms with van der Waals surface area (Å²) in [7, 11) is 0. The van der Waals surface area contributed by atoms with Gasteiger partial charge in [0.2, 0.25) is 5.91 Å². The molecule has 1 heterocycles. The summed E-state index contributed by atoms with van der Waals surface area (Å²) in [6.07, 6.45) is -0.377. The average Bonchev–Trinajstić information content (AvgIpc) is 3.02. The van der Waals surface area contributed by atoms with E-state index in [0.29, 0.717) is 16.8 Å². The van der Waals surface area contributed by atoms with Gasteiger partial charge in [0, 0.05) is 30.1 Å². The van der Waals surface area contributed by atoms with E-state index < -0.39 is 41.2 Å². The number of rotatable bonds is 9. The SMILES string of the molecule is CC(C)(C)OC(=O)CCC(C(N)=O)N1C(=O)c2cccc(NCc3ccc(CCl)cc3F)c2C1=O. The Hall–Kier alpha value is -3.46. The van der Waals surface area contributed by atoms with Crippen LogP contribution in [0.5, 0.6) is 0 Å². The van der Waals surface area contributed by atoms with Gasteiger partial charge in [-0.15, -0.1) is 11.6 Å². The number of hydrogen-bond acceptors (Lipinski definition) is 6. The number of nitrogens with one attached hydrogen (secondary N) is 1. The molecular weight excluding hydrogens is 477 g/mol. The van der Waals surface area contributed by atoms with Crippen LogP contribution >= 0.6 is 11.6 Å². The third-order valence-corrected chi connectivity index (χ3v) is 5.68. The number of anilines is 1. The van der Waals surface area contributed by atoms with Crippen molar-refractivity contribution >= 4 is 41.0 Å². The Morgan fingerprint density at radius 1 is 1.17 bits per heavy atom. The van der Waals surface area contributed by atoms with Crippen LogP contribution in [0.15, 0.2) is 36.4 Å². The lowest BCUT2D eigenvalue weighted by Gasteiger charge is -2.24. The van der Waals surface area contributed by atoms with Crippen LogP contribution in [0.4, 0.5) is 10.1 Å². The minimum atomic E-state index is -1.33. The van der Waals surface area contributed by atoms with Crippen LogP contribution in [0.1, 0.15) is 65.5 Å². The van der Waals surface area contributed by atoms with E-state index in [9.17, 15) is 23.6 Å². The smallest absolute Gasteiger partial charge is 0.306 e. The summed E-state index contributed by atoms with van der Waals surface area (Å²) in [4.78, 5) is 51.4. The van der Waals surface area contributed by atoms with Crippen LogP contribution in [0.3, 0.4) is 0 Å². The summed E-state index contributed by atoms with van der Waals surface area (Å²) in [6.45, 7) is 5.15. The van der Waals surface area contributed by atoms with E-state index in [1.807, 2.05) is 0 Å². The number of benzene rings is 2. The monoisotopic (exact) mass is 503 g/mol. The molecule has 3 amide bonds. The van der Waals surface area contributed by atoms with Gasteiger partial charge in [-0.2, -0.15) is 0 Å². The number of carbonyl (C=O) groups is 4. The van der Waals surface area contributed by atoms with Crippen molar-refractivity contribution in [3.05, 3.63) is 64.5 Å². The van der Waals surface area contributed by atoms with E-state index in [1.54, 1.807) is 45.0 Å². The van der Waals surface area contributed by atoms with Gasteiger partial charge in [-0.05, 0) is 51.0 Å². The molecular formula is C25H27ClFN3O5. The molecule has 0 saturated carbocycles. The van der Waals surface area contributed by atoms with E-state index in [1.165, 1.54) is 12.1 Å². The summed E-state index contributed by atoms with van der Waals surface area (Å²) < 4.78 is 19.6. The van der Waals surface area contributed by atoms with Crippen molar-refractivity contribution in [2.45, 2.75) is 57.7 Å². The predicted octanol–water partition coefficient (Wildman–Crippen LogP) is 3.75. The van der Waals surface area contributed by atoms with E-state index in [-0.39, 0.29) is 36.4 Å². The molecule has 3 N–H and O–H groups in total. The second kappa shape index (κ2) is 10.4. The lowest BCUT2D eigenvalue weighted by molar-refractivity contribution is -0.155. The molecule has 0 radical (unpaired) electrons. The highest BCUT2D eigenvalue weighted by atomic mass is 35.5. The van der Waals surface area contributed by atoms with Gasteiger partial charge in [-0.25, -0.2) is 4.39 Å². The van der Waals surface area contributed by atoms with Crippen LogP contribution in [-0.2, 0) is 26.8 Å². The first-order valence-electron chi connectivity index (χ1n) is 11.0. The molecule has 1 aliphatic heterocycles. The molecule has 8 nitrogen and oxygen atoms in total. The molecule has 186 valence electrons. The summed E-state index contributed by atoms with van der Waals surface area (Å²) in [5.41, 5.74) is 6.20. The van der Waals surface area contributed by atoms with Gasteiger partial charge in [-0.1, -0.05) is 18.2 Å². The molecule has 0 aliphatic carbocycles. The molecule has 3 rings (SSSR count). The normalized spacial score (nSPS) is 14.0. The molecule has 1 atom stereocenters. The molecule has 2 aromatic rings. The number of hydrogen-bond donors (Lipinski definition) is 2. The van der Waals surface area contributed by atoms with Crippen molar-refractivity contribution in [1.29, 1.82) is 0 Å². The summed E-state index contributed by atoms with van der Waals surface area (Å²) in [5.74, 6) is -3.19. The lowest BCUT2D eigenvalue weighted by Crippen LogP contribution is -2.48. The van der Waals surface area contributed by atoms with Gasteiger partial charge in [0.1, 0.15) is 17.5 Å². The first-order chi connectivity index (χ1) is 16.4. The van der Waals surface area contributed by atoms with Crippen molar-refractivity contribution in [3.63, 3.8) is 0 Å². The Morgan fingerprint density at radius 2 is 1.89 bits per heavy atom. The topological polar surface area (TPSA) is 119 Å². The largest absolute Gasteiger partial charge is 0.460 e. The van der Waals surface area contributed by atoms with Crippen molar-refractivity contribution in [2.24, 2.45) is 5.73 Å². The van der Waals surface area contributed by atoms with Crippen LogP contribution in [-0.4, -0.2) is 40.2 Å². The lowest BCUT2D eigenvalue weighted by atomic mass is 10.1. The zero-order valence-electron chi connectivity index (χ0n) is 19.7. The summed E-state index contributed by atoms with van der Waals surface area (Å²) in [5, 5.41) is 2.99. The van der Waals surface area contributed by atoms with Gasteiger partial charge >= 0.3 is 5.97 Å². The fourth-order valence-electron chi connectivity index (χ4n) is 3.79. The highest BCUT2D eigenvalue weighted by molar-refractivity contribution is 6.25. The average molecular weight is 504 g/mol. The third kappa shape index (κ3) is 5.97. The third-order valence-electron chi connectivity index (χ3n) is 5.37. The molecule has 1 aliphatic rings. The number of amides is 3. The highest BCUT2D eigenvalue weighted by Gasteiger charge is 2.43. The van der Waals surface area contributed by atoms with E-state index in [2.05, 4.69) is 5.32 Å². The second-order valence-electron chi connectivity index (χ2n) is 9.16. The van der Waals surface area contributed by atoms with Crippen LogP contribution in [0, 0.1) is 5.82 Å². The number of fused-ring (bicyclic) bond motifs is 1. The zero-order chi connectivity index (χ0) is 25.9. The highest BCUT2D eigenvalue weighted by Crippen LogP contribution is 2.32. The fraction of sp³-hybridized carbons (Fsp3) is 0.360. The first kappa shape index (κ1) is 26.2. The predicted molar refractivity (Wildman–Crippen MR) is 128 cm³/mol. The van der Waals surface area contributed by atoms with Crippen LogP contribution < -0.4 is 11.1 Å². The van der Waals surface area contributed by atoms with Crippen molar-refractivity contribution in [2.75, 3.05) is 5.32 Å². The van der Waals surface area contributed by atoms with E-state index in [4.69, 9.17) is 22.1 Å². The van der Waals surface area contributed by atoms with Crippen LogP contribution in [0.2, 0.25) is 0 Å². The fourth-order valence-corrected chi connectivity index (χ4v) is 3.95. The number of ether oxygens (including phenoxy) is 1. The Kier molecular flexibility index (Phi) is 7.80. The number of nitrogens with zero attached hydrogens (tertiary/aromatic N) is 1. The number of esters is 1. The van der Waals surface area contributed by atoms with Gasteiger partial charge in [0.15, 0.2) is 0 Å². The maximum Gasteiger partial charge on any atom is 0.306 e. The molecule has 1 unspecified atom stereocenters. The maximum absolute atomic E-state index is 14.3. The second-order valence-corrected chi connectivity index (χ2v) is 9.43. The number of alkyl halides is 1. The minimum absolute atomic E-state index is 0.0458. The molecule has 10 heteroatoms. The number of nitrogens with two attached hydrogens (primary N) is 1. The molecule has 35 heavy (non-hydrogen) atoms. The van der Waals surface area contributed by atoms with Crippen LogP contribution in [0.25, 0.3) is 0 Å². The number of primary amides is 1. The van der Waals surface area contributed by atoms with Gasteiger partial charge in [0.05, 0.1) is 11.1 Å². The first-order valence-corrected chi connectivity index (χ1v) is 11.6. The van der Waals surface area contributed by atoms with E-state index in [0.717, 1.165) is 4.90 Å². The summed E-state index contributed by atoms with van der Waals surface area (Å²) in [6, 6.07) is 7.90. The quantitative estimate of drug-likeness (QED) is 0.305. The standard InChI is InChI=1S/C25H27ClFN3O5/c1-25(2,3)35-20(31)10-9-19(22(28)32)30-23(33)16-5-4-6-18(21(16)24(30)34)29-13-15-8-7-14(12-26)11-17(15)27/h4-8,11,19,29H,9-10,12-13H2,1-3H3,(H2,28,32). The number of halogens is 2. The van der Waals surface area contributed by atoms with Crippen molar-refractivity contribution in [1.82, 2.24) is 4.90 Å². The van der Waals surface area contributed by atoms with Crippen molar-refractivity contribution in [3.8, 4) is 0 Å². The zero-order valence-corrected chi connectivity index (χ0v) is 20.4. The molecule has 0 aromatic heterocycles. The molecule has 0 spiro atoms. The minimum Gasteiger partial charge on any atom is -0.460 e. The van der Waals surface area contributed by atoms with Gasteiger partial charge in [-0.3, -0.25) is 24.1 Å². The summed E-state index contributed by atoms with van der Waals surface area (Å²) >= 11 is 5.73. The molecule has 0 bridgehead atoms. The number of imide groups is 1. The Bertz CT molecular complexity index is 1180. The molecule has 0 fully saturated rings. The van der Waals surface area contributed by atoms with Gasteiger partial charge < -0.3 is 15.8 Å². The maximum atomic E-state index is 14.3.